The van der Waals surface area contributed by atoms with E-state index in [1.807, 2.05) is 25.1 Å². The summed E-state index contributed by atoms with van der Waals surface area (Å²) in [7, 11) is 0. The molecule has 0 spiro atoms. The van der Waals surface area contributed by atoms with E-state index in [-0.39, 0.29) is 24.9 Å². The molecule has 0 unspecified atom stereocenters. The summed E-state index contributed by atoms with van der Waals surface area (Å²) in [5.74, 6) is 0.891. The molecule has 22 heavy (non-hydrogen) atoms. The van der Waals surface area contributed by atoms with Crippen molar-refractivity contribution in [2.24, 2.45) is 11.7 Å². The Bertz CT molecular complexity index is 541. The lowest BCUT2D eigenvalue weighted by Gasteiger charge is -2.13. The number of rotatable bonds is 8. The molecule has 4 N–H and O–H groups in total. The monoisotopic (exact) mass is 305 g/mol. The first kappa shape index (κ1) is 16.3. The van der Waals surface area contributed by atoms with Crippen LogP contribution in [0.5, 0.6) is 5.75 Å². The van der Waals surface area contributed by atoms with Crippen molar-refractivity contribution < 1.29 is 14.3 Å². The van der Waals surface area contributed by atoms with E-state index in [0.29, 0.717) is 12.5 Å². The van der Waals surface area contributed by atoms with Crippen molar-refractivity contribution in [3.63, 3.8) is 0 Å². The molecule has 6 heteroatoms. The average Bonchev–Trinajstić information content (AvgIpc) is 3.33. The van der Waals surface area contributed by atoms with Crippen LogP contribution < -0.4 is 21.1 Å². The third-order valence-corrected chi connectivity index (χ3v) is 3.50. The average molecular weight is 305 g/mol. The Hall–Kier alpha value is -2.08. The number of nitrogens with two attached hydrogens (primary N) is 1. The van der Waals surface area contributed by atoms with Crippen LogP contribution in [0.3, 0.4) is 0 Å². The second-order valence-electron chi connectivity index (χ2n) is 5.62. The zero-order chi connectivity index (χ0) is 15.9. The van der Waals surface area contributed by atoms with Gasteiger partial charge in [0.25, 0.3) is 0 Å². The van der Waals surface area contributed by atoms with Crippen LogP contribution in [0, 0.1) is 12.8 Å². The molecular formula is C16H23N3O3. The highest BCUT2D eigenvalue weighted by Gasteiger charge is 2.22. The molecule has 6 nitrogen and oxygen atoms in total. The second-order valence-corrected chi connectivity index (χ2v) is 5.62. The van der Waals surface area contributed by atoms with Gasteiger partial charge in [0.05, 0.1) is 19.7 Å². The minimum Gasteiger partial charge on any atom is -0.493 e. The Morgan fingerprint density at radius 2 is 2.05 bits per heavy atom. The van der Waals surface area contributed by atoms with Crippen molar-refractivity contribution in [3.8, 4) is 5.75 Å². The molecule has 1 aromatic carbocycles. The molecule has 1 aliphatic rings. The minimum atomic E-state index is -0.348. The highest BCUT2D eigenvalue weighted by molar-refractivity contribution is 5.85. The highest BCUT2D eigenvalue weighted by atomic mass is 16.5. The highest BCUT2D eigenvalue weighted by Crippen LogP contribution is 2.30. The first-order chi connectivity index (χ1) is 10.6. The Balaban J connectivity index is 1.85. The van der Waals surface area contributed by atoms with Crippen molar-refractivity contribution >= 4 is 11.8 Å². The molecule has 120 valence electrons. The molecule has 1 saturated carbocycles. The quantitative estimate of drug-likeness (QED) is 0.651. The Morgan fingerprint density at radius 1 is 1.27 bits per heavy atom. The van der Waals surface area contributed by atoms with E-state index in [1.165, 1.54) is 12.8 Å². The molecule has 2 amide bonds. The first-order valence-electron chi connectivity index (χ1n) is 7.54. The maximum absolute atomic E-state index is 11.7. The smallest absolute Gasteiger partial charge is 0.239 e. The lowest BCUT2D eigenvalue weighted by atomic mass is 10.1. The van der Waals surface area contributed by atoms with Gasteiger partial charge in [-0.3, -0.25) is 9.59 Å². The van der Waals surface area contributed by atoms with Crippen molar-refractivity contribution in [1.29, 1.82) is 0 Å². The Labute approximate surface area is 130 Å². The van der Waals surface area contributed by atoms with Crippen LogP contribution in [-0.2, 0) is 16.1 Å². The SMILES string of the molecule is Cc1ccc(CNC(=O)CNC(=O)CN)c(OCC2CC2)c1. The third kappa shape index (κ3) is 5.37. The fourth-order valence-corrected chi connectivity index (χ4v) is 1.94. The Morgan fingerprint density at radius 3 is 2.73 bits per heavy atom. The summed E-state index contributed by atoms with van der Waals surface area (Å²) in [5, 5.41) is 5.20. The predicted molar refractivity (Wildman–Crippen MR) is 83.3 cm³/mol. The molecule has 0 radical (unpaired) electrons. The van der Waals surface area contributed by atoms with Gasteiger partial charge in [0.15, 0.2) is 0 Å². The number of ether oxygens (including phenoxy) is 1. The molecule has 0 atom stereocenters. The van der Waals surface area contributed by atoms with E-state index >= 15 is 0 Å². The number of aryl methyl sites for hydroxylation is 1. The van der Waals surface area contributed by atoms with Gasteiger partial charge in [-0.2, -0.15) is 0 Å². The van der Waals surface area contributed by atoms with E-state index in [1.54, 1.807) is 0 Å². The molecular weight excluding hydrogens is 282 g/mol. The lowest BCUT2D eigenvalue weighted by Crippen LogP contribution is -2.39. The summed E-state index contributed by atoms with van der Waals surface area (Å²) in [5.41, 5.74) is 7.22. The topological polar surface area (TPSA) is 93.5 Å². The van der Waals surface area contributed by atoms with E-state index in [2.05, 4.69) is 10.6 Å². The summed E-state index contributed by atoms with van der Waals surface area (Å²) in [6.45, 7) is 2.92. The number of benzene rings is 1. The van der Waals surface area contributed by atoms with Crippen LogP contribution in [-0.4, -0.2) is 31.5 Å². The summed E-state index contributed by atoms with van der Waals surface area (Å²) in [6, 6.07) is 5.93. The van der Waals surface area contributed by atoms with Crippen LogP contribution in [0.25, 0.3) is 0 Å². The summed E-state index contributed by atoms with van der Waals surface area (Å²) in [4.78, 5) is 22.7. The van der Waals surface area contributed by atoms with Gasteiger partial charge in [-0.1, -0.05) is 12.1 Å². The molecule has 0 saturated heterocycles. The standard InChI is InChI=1S/C16H23N3O3/c1-11-2-5-13(14(6-11)22-10-12-3-4-12)8-18-16(21)9-19-15(20)7-17/h2,5-6,12H,3-4,7-10,17H2,1H3,(H,18,21)(H,19,20). The molecule has 0 bridgehead atoms. The van der Waals surface area contributed by atoms with Gasteiger partial charge in [-0.05, 0) is 37.3 Å². The van der Waals surface area contributed by atoms with E-state index in [9.17, 15) is 9.59 Å². The zero-order valence-corrected chi connectivity index (χ0v) is 12.9. The van der Waals surface area contributed by atoms with Crippen molar-refractivity contribution in [3.05, 3.63) is 29.3 Å². The molecule has 1 aromatic rings. The maximum Gasteiger partial charge on any atom is 0.239 e. The van der Waals surface area contributed by atoms with Gasteiger partial charge < -0.3 is 21.1 Å². The summed E-state index contributed by atoms with van der Waals surface area (Å²) >= 11 is 0. The molecule has 1 aliphatic carbocycles. The third-order valence-electron chi connectivity index (χ3n) is 3.50. The first-order valence-corrected chi connectivity index (χ1v) is 7.54. The number of nitrogens with one attached hydrogen (secondary N) is 2. The zero-order valence-electron chi connectivity index (χ0n) is 12.9. The van der Waals surface area contributed by atoms with Crippen molar-refractivity contribution in [1.82, 2.24) is 10.6 Å². The number of carbonyl (C=O) groups excluding carboxylic acids is 2. The fraction of sp³-hybridized carbons (Fsp3) is 0.500. The summed E-state index contributed by atoms with van der Waals surface area (Å²) < 4.78 is 5.85. The molecule has 2 rings (SSSR count). The van der Waals surface area contributed by atoms with Gasteiger partial charge in [-0.15, -0.1) is 0 Å². The van der Waals surface area contributed by atoms with Crippen LogP contribution >= 0.6 is 0 Å². The van der Waals surface area contributed by atoms with Gasteiger partial charge in [0, 0.05) is 12.1 Å². The van der Waals surface area contributed by atoms with E-state index in [4.69, 9.17) is 10.5 Å². The molecule has 0 heterocycles. The molecule has 0 aliphatic heterocycles. The molecule has 1 fully saturated rings. The van der Waals surface area contributed by atoms with Gasteiger partial charge in [-0.25, -0.2) is 0 Å². The van der Waals surface area contributed by atoms with Crippen LogP contribution in [0.1, 0.15) is 24.0 Å². The Kier molecular flexibility index (Phi) is 5.77. The normalized spacial score (nSPS) is 13.5. The van der Waals surface area contributed by atoms with Crippen LogP contribution in [0.4, 0.5) is 0 Å². The van der Waals surface area contributed by atoms with Crippen molar-refractivity contribution in [2.45, 2.75) is 26.3 Å². The second kappa shape index (κ2) is 7.79. The number of hydrogen-bond acceptors (Lipinski definition) is 4. The largest absolute Gasteiger partial charge is 0.493 e. The maximum atomic E-state index is 11.7. The van der Waals surface area contributed by atoms with Crippen LogP contribution in [0.2, 0.25) is 0 Å². The fourth-order valence-electron chi connectivity index (χ4n) is 1.94. The lowest BCUT2D eigenvalue weighted by molar-refractivity contribution is -0.125. The van der Waals surface area contributed by atoms with Gasteiger partial charge >= 0.3 is 0 Å². The number of hydrogen-bond donors (Lipinski definition) is 3. The van der Waals surface area contributed by atoms with Gasteiger partial charge in [0.1, 0.15) is 5.75 Å². The number of amides is 2. The van der Waals surface area contributed by atoms with Crippen LogP contribution in [0.15, 0.2) is 18.2 Å². The predicted octanol–water partition coefficient (Wildman–Crippen LogP) is 0.475. The van der Waals surface area contributed by atoms with E-state index in [0.717, 1.165) is 23.5 Å². The molecule has 0 aromatic heterocycles. The summed E-state index contributed by atoms with van der Waals surface area (Å²) in [6.07, 6.45) is 2.47. The van der Waals surface area contributed by atoms with E-state index < -0.39 is 0 Å². The van der Waals surface area contributed by atoms with Gasteiger partial charge in [0.2, 0.25) is 11.8 Å². The minimum absolute atomic E-state index is 0.0693. The number of carbonyl (C=O) groups is 2. The van der Waals surface area contributed by atoms with Crippen molar-refractivity contribution in [2.75, 3.05) is 19.7 Å².